The number of non-ortho nitro benzene ring substituents is 1. The van der Waals surface area contributed by atoms with Gasteiger partial charge in [-0.15, -0.1) is 11.6 Å². The second-order valence-corrected chi connectivity index (χ2v) is 5.47. The molecule has 0 saturated carbocycles. The highest BCUT2D eigenvalue weighted by Crippen LogP contribution is 2.19. The highest BCUT2D eigenvalue weighted by atomic mass is 35.5. The van der Waals surface area contributed by atoms with Crippen molar-refractivity contribution in [3.63, 3.8) is 0 Å². The summed E-state index contributed by atoms with van der Waals surface area (Å²) in [4.78, 5) is 21.9. The van der Waals surface area contributed by atoms with Crippen molar-refractivity contribution in [2.24, 2.45) is 5.41 Å². The molecule has 0 bridgehead atoms. The van der Waals surface area contributed by atoms with Gasteiger partial charge in [-0.2, -0.15) is 0 Å². The Balaban J connectivity index is 2.61. The molecule has 0 aliphatic rings. The Morgan fingerprint density at radius 3 is 2.42 bits per heavy atom. The third-order valence-corrected chi connectivity index (χ3v) is 3.03. The fraction of sp³-hybridized carbons (Fsp3) is 0.462. The van der Waals surface area contributed by atoms with Crippen LogP contribution in [0.15, 0.2) is 24.3 Å². The third kappa shape index (κ3) is 4.87. The lowest BCUT2D eigenvalue weighted by Crippen LogP contribution is -2.34. The SMILES string of the molecule is CC(C)(CCCl)CNC(=O)c1ccc([N+](=O)[O-])cc1. The van der Waals surface area contributed by atoms with E-state index in [0.29, 0.717) is 18.0 Å². The standard InChI is InChI=1S/C13H17ClN2O3/c1-13(2,7-8-14)9-15-12(17)10-3-5-11(6-4-10)16(18)19/h3-6H,7-9H2,1-2H3,(H,15,17). The quantitative estimate of drug-likeness (QED) is 0.496. The van der Waals surface area contributed by atoms with E-state index >= 15 is 0 Å². The Morgan fingerprint density at radius 1 is 1.37 bits per heavy atom. The van der Waals surface area contributed by atoms with Crippen molar-refractivity contribution < 1.29 is 9.72 Å². The number of benzene rings is 1. The topological polar surface area (TPSA) is 72.2 Å². The molecule has 0 aliphatic carbocycles. The fourth-order valence-corrected chi connectivity index (χ4v) is 2.01. The maximum Gasteiger partial charge on any atom is 0.269 e. The number of nitro benzene ring substituents is 1. The maximum absolute atomic E-state index is 11.9. The van der Waals surface area contributed by atoms with Crippen molar-refractivity contribution in [3.8, 4) is 0 Å². The average Bonchev–Trinajstić information content (AvgIpc) is 2.36. The summed E-state index contributed by atoms with van der Waals surface area (Å²) in [6.45, 7) is 4.55. The smallest absolute Gasteiger partial charge is 0.269 e. The molecular weight excluding hydrogens is 268 g/mol. The van der Waals surface area contributed by atoms with Crippen LogP contribution in [0.2, 0.25) is 0 Å². The summed E-state index contributed by atoms with van der Waals surface area (Å²) in [5.41, 5.74) is 0.310. The van der Waals surface area contributed by atoms with Gasteiger partial charge in [0.1, 0.15) is 0 Å². The van der Waals surface area contributed by atoms with E-state index in [1.165, 1.54) is 24.3 Å². The lowest BCUT2D eigenvalue weighted by Gasteiger charge is -2.23. The minimum atomic E-state index is -0.495. The Hall–Kier alpha value is -1.62. The van der Waals surface area contributed by atoms with Gasteiger partial charge in [0.25, 0.3) is 11.6 Å². The molecule has 1 amide bonds. The second kappa shape index (κ2) is 6.52. The van der Waals surface area contributed by atoms with Crippen LogP contribution >= 0.6 is 11.6 Å². The first-order valence-electron chi connectivity index (χ1n) is 5.94. The number of nitrogens with zero attached hydrogens (tertiary/aromatic N) is 1. The van der Waals surface area contributed by atoms with Crippen molar-refractivity contribution in [2.45, 2.75) is 20.3 Å². The normalized spacial score (nSPS) is 11.1. The molecule has 0 aromatic heterocycles. The van der Waals surface area contributed by atoms with Crippen LogP contribution in [0, 0.1) is 15.5 Å². The first kappa shape index (κ1) is 15.4. The average molecular weight is 285 g/mol. The summed E-state index contributed by atoms with van der Waals surface area (Å²) in [5, 5.41) is 13.3. The predicted octanol–water partition coefficient (Wildman–Crippen LogP) is 2.98. The van der Waals surface area contributed by atoms with Gasteiger partial charge in [-0.1, -0.05) is 13.8 Å². The molecule has 1 aromatic carbocycles. The van der Waals surface area contributed by atoms with Crippen LogP contribution in [0.5, 0.6) is 0 Å². The van der Waals surface area contributed by atoms with Gasteiger partial charge in [-0.25, -0.2) is 0 Å². The van der Waals surface area contributed by atoms with Crippen LogP contribution in [-0.2, 0) is 0 Å². The molecule has 0 atom stereocenters. The van der Waals surface area contributed by atoms with Gasteiger partial charge >= 0.3 is 0 Å². The maximum atomic E-state index is 11.9. The van der Waals surface area contributed by atoms with Crippen molar-refractivity contribution in [1.82, 2.24) is 5.32 Å². The molecular formula is C13H17ClN2O3. The Bertz CT molecular complexity index is 457. The summed E-state index contributed by atoms with van der Waals surface area (Å²) < 4.78 is 0. The predicted molar refractivity (Wildman–Crippen MR) is 74.5 cm³/mol. The summed E-state index contributed by atoms with van der Waals surface area (Å²) in [6, 6.07) is 5.53. The summed E-state index contributed by atoms with van der Waals surface area (Å²) in [7, 11) is 0. The Morgan fingerprint density at radius 2 is 1.95 bits per heavy atom. The molecule has 0 radical (unpaired) electrons. The van der Waals surface area contributed by atoms with Crippen molar-refractivity contribution >= 4 is 23.2 Å². The number of hydrogen-bond donors (Lipinski definition) is 1. The number of nitro groups is 1. The molecule has 0 unspecified atom stereocenters. The van der Waals surface area contributed by atoms with E-state index in [-0.39, 0.29) is 17.0 Å². The van der Waals surface area contributed by atoms with E-state index in [9.17, 15) is 14.9 Å². The van der Waals surface area contributed by atoms with E-state index < -0.39 is 4.92 Å². The number of nitrogens with one attached hydrogen (secondary N) is 1. The molecule has 0 saturated heterocycles. The van der Waals surface area contributed by atoms with E-state index in [0.717, 1.165) is 6.42 Å². The zero-order chi connectivity index (χ0) is 14.5. The Kier molecular flexibility index (Phi) is 5.30. The van der Waals surface area contributed by atoms with Crippen LogP contribution in [0.4, 0.5) is 5.69 Å². The highest BCUT2D eigenvalue weighted by molar-refractivity contribution is 6.17. The zero-order valence-corrected chi connectivity index (χ0v) is 11.7. The van der Waals surface area contributed by atoms with Crippen molar-refractivity contribution in [3.05, 3.63) is 39.9 Å². The molecule has 0 fully saturated rings. The molecule has 0 aliphatic heterocycles. The van der Waals surface area contributed by atoms with Gasteiger partial charge in [0, 0.05) is 30.1 Å². The molecule has 6 heteroatoms. The number of hydrogen-bond acceptors (Lipinski definition) is 3. The van der Waals surface area contributed by atoms with Gasteiger partial charge in [0.15, 0.2) is 0 Å². The number of carbonyl (C=O) groups excluding carboxylic acids is 1. The van der Waals surface area contributed by atoms with Gasteiger partial charge in [0.2, 0.25) is 0 Å². The molecule has 5 nitrogen and oxygen atoms in total. The number of rotatable bonds is 6. The van der Waals surface area contributed by atoms with Gasteiger partial charge in [0.05, 0.1) is 4.92 Å². The molecule has 1 aromatic rings. The van der Waals surface area contributed by atoms with Crippen LogP contribution < -0.4 is 5.32 Å². The lowest BCUT2D eigenvalue weighted by atomic mass is 9.90. The van der Waals surface area contributed by atoms with Crippen LogP contribution in [0.1, 0.15) is 30.6 Å². The first-order valence-corrected chi connectivity index (χ1v) is 6.48. The lowest BCUT2D eigenvalue weighted by molar-refractivity contribution is -0.384. The number of halogens is 1. The van der Waals surface area contributed by atoms with Crippen molar-refractivity contribution in [2.75, 3.05) is 12.4 Å². The highest BCUT2D eigenvalue weighted by Gasteiger charge is 2.18. The van der Waals surface area contributed by atoms with Crippen LogP contribution in [0.25, 0.3) is 0 Å². The Labute approximate surface area is 117 Å². The molecule has 104 valence electrons. The van der Waals surface area contributed by atoms with E-state index in [4.69, 9.17) is 11.6 Å². The minimum absolute atomic E-state index is 0.0287. The molecule has 0 heterocycles. The fourth-order valence-electron chi connectivity index (χ4n) is 1.50. The number of carbonyl (C=O) groups is 1. The van der Waals surface area contributed by atoms with Gasteiger partial charge in [-0.3, -0.25) is 14.9 Å². The number of alkyl halides is 1. The summed E-state index contributed by atoms with van der Waals surface area (Å²) >= 11 is 5.69. The zero-order valence-electron chi connectivity index (χ0n) is 11.0. The summed E-state index contributed by atoms with van der Waals surface area (Å²) in [5.74, 6) is 0.304. The minimum Gasteiger partial charge on any atom is -0.352 e. The number of amides is 1. The van der Waals surface area contributed by atoms with E-state index in [2.05, 4.69) is 5.32 Å². The van der Waals surface area contributed by atoms with E-state index in [1.807, 2.05) is 13.8 Å². The van der Waals surface area contributed by atoms with Gasteiger partial charge < -0.3 is 5.32 Å². The largest absolute Gasteiger partial charge is 0.352 e. The van der Waals surface area contributed by atoms with Gasteiger partial charge in [-0.05, 0) is 24.0 Å². The molecule has 1 rings (SSSR count). The monoisotopic (exact) mass is 284 g/mol. The molecule has 0 spiro atoms. The van der Waals surface area contributed by atoms with Crippen LogP contribution in [0.3, 0.4) is 0 Å². The van der Waals surface area contributed by atoms with Crippen LogP contribution in [-0.4, -0.2) is 23.3 Å². The molecule has 1 N–H and O–H groups in total. The first-order chi connectivity index (χ1) is 8.85. The molecule has 19 heavy (non-hydrogen) atoms. The van der Waals surface area contributed by atoms with E-state index in [1.54, 1.807) is 0 Å². The van der Waals surface area contributed by atoms with Crippen molar-refractivity contribution in [1.29, 1.82) is 0 Å². The third-order valence-electron chi connectivity index (χ3n) is 2.84. The second-order valence-electron chi connectivity index (χ2n) is 5.09. The summed E-state index contributed by atoms with van der Waals surface area (Å²) in [6.07, 6.45) is 0.801.